The van der Waals surface area contributed by atoms with Crippen LogP contribution in [0.15, 0.2) is 91.0 Å². The summed E-state index contributed by atoms with van der Waals surface area (Å²) in [6, 6.07) is 30.9. The van der Waals surface area contributed by atoms with Crippen molar-refractivity contribution in [1.29, 1.82) is 0 Å². The number of carboxylic acid groups (broad SMARTS) is 1. The van der Waals surface area contributed by atoms with Crippen molar-refractivity contribution in [3.05, 3.63) is 108 Å². The van der Waals surface area contributed by atoms with Crippen LogP contribution in [0.3, 0.4) is 0 Å². The lowest BCUT2D eigenvalue weighted by atomic mass is 9.88. The SMILES string of the molecule is O=C(O)CCCC(CCCc1ccccc1)c1ccc(OCc2ccc3ccccc3n2)cc1. The first-order chi connectivity index (χ1) is 16.7. The van der Waals surface area contributed by atoms with E-state index in [1.165, 1.54) is 11.1 Å². The molecule has 34 heavy (non-hydrogen) atoms. The molecule has 0 aliphatic heterocycles. The number of nitrogens with zero attached hydrogens (tertiary/aromatic N) is 1. The zero-order chi connectivity index (χ0) is 23.6. The number of pyridine rings is 1. The van der Waals surface area contributed by atoms with Crippen molar-refractivity contribution >= 4 is 16.9 Å². The van der Waals surface area contributed by atoms with Gasteiger partial charge >= 0.3 is 5.97 Å². The molecular weight excluding hydrogens is 422 g/mol. The van der Waals surface area contributed by atoms with E-state index in [2.05, 4.69) is 53.5 Å². The van der Waals surface area contributed by atoms with E-state index >= 15 is 0 Å². The van der Waals surface area contributed by atoms with Crippen LogP contribution in [0.4, 0.5) is 0 Å². The van der Waals surface area contributed by atoms with Gasteiger partial charge in [0.1, 0.15) is 12.4 Å². The van der Waals surface area contributed by atoms with Gasteiger partial charge in [0, 0.05) is 11.8 Å². The normalized spacial score (nSPS) is 11.9. The van der Waals surface area contributed by atoms with Crippen LogP contribution in [0.2, 0.25) is 0 Å². The molecule has 0 aliphatic rings. The second-order valence-corrected chi connectivity index (χ2v) is 8.71. The Hall–Kier alpha value is -3.66. The molecule has 0 saturated carbocycles. The van der Waals surface area contributed by atoms with E-state index in [-0.39, 0.29) is 6.42 Å². The second-order valence-electron chi connectivity index (χ2n) is 8.71. The molecule has 0 fully saturated rings. The summed E-state index contributed by atoms with van der Waals surface area (Å²) in [6.45, 7) is 0.420. The number of hydrogen-bond acceptors (Lipinski definition) is 3. The third-order valence-electron chi connectivity index (χ3n) is 6.20. The first kappa shape index (κ1) is 23.5. The van der Waals surface area contributed by atoms with Gasteiger partial charge in [0.15, 0.2) is 0 Å². The van der Waals surface area contributed by atoms with E-state index in [0.29, 0.717) is 18.9 Å². The maximum Gasteiger partial charge on any atom is 0.303 e. The smallest absolute Gasteiger partial charge is 0.303 e. The summed E-state index contributed by atoms with van der Waals surface area (Å²) >= 11 is 0. The van der Waals surface area contributed by atoms with Gasteiger partial charge in [0.05, 0.1) is 11.2 Å². The average Bonchev–Trinajstić information content (AvgIpc) is 2.87. The summed E-state index contributed by atoms with van der Waals surface area (Å²) in [5, 5.41) is 10.2. The molecular formula is C30H31NO3. The molecule has 0 radical (unpaired) electrons. The molecule has 3 aromatic carbocycles. The van der Waals surface area contributed by atoms with Crippen molar-refractivity contribution in [3.63, 3.8) is 0 Å². The molecule has 4 heteroatoms. The Morgan fingerprint density at radius 3 is 2.35 bits per heavy atom. The lowest BCUT2D eigenvalue weighted by Gasteiger charge is -2.18. The van der Waals surface area contributed by atoms with Crippen LogP contribution in [0.25, 0.3) is 10.9 Å². The van der Waals surface area contributed by atoms with Crippen LogP contribution in [0, 0.1) is 0 Å². The fraction of sp³-hybridized carbons (Fsp3) is 0.267. The van der Waals surface area contributed by atoms with Gasteiger partial charge < -0.3 is 9.84 Å². The van der Waals surface area contributed by atoms with E-state index in [1.807, 2.05) is 42.5 Å². The van der Waals surface area contributed by atoms with Crippen LogP contribution in [0.5, 0.6) is 5.75 Å². The molecule has 0 bridgehead atoms. The Morgan fingerprint density at radius 1 is 0.824 bits per heavy atom. The molecule has 1 atom stereocenters. The summed E-state index contributed by atoms with van der Waals surface area (Å²) in [5.74, 6) is 0.431. The number of hydrogen-bond donors (Lipinski definition) is 1. The summed E-state index contributed by atoms with van der Waals surface area (Å²) in [7, 11) is 0. The maximum absolute atomic E-state index is 11.0. The summed E-state index contributed by atoms with van der Waals surface area (Å²) < 4.78 is 5.99. The van der Waals surface area contributed by atoms with Crippen molar-refractivity contribution < 1.29 is 14.6 Å². The highest BCUT2D eigenvalue weighted by molar-refractivity contribution is 5.78. The van der Waals surface area contributed by atoms with E-state index in [4.69, 9.17) is 9.84 Å². The topological polar surface area (TPSA) is 59.4 Å². The van der Waals surface area contributed by atoms with Crippen LogP contribution < -0.4 is 4.74 Å². The number of para-hydroxylation sites is 1. The van der Waals surface area contributed by atoms with Crippen LogP contribution in [0.1, 0.15) is 54.8 Å². The Morgan fingerprint density at radius 2 is 1.56 bits per heavy atom. The number of aryl methyl sites for hydroxylation is 1. The number of carbonyl (C=O) groups is 1. The number of ether oxygens (including phenoxy) is 1. The molecule has 1 aromatic heterocycles. The summed E-state index contributed by atoms with van der Waals surface area (Å²) in [6.07, 6.45) is 4.94. The molecule has 4 rings (SSSR count). The standard InChI is InChI=1S/C30H31NO3/c32-30(33)15-7-13-24(12-6-10-23-8-2-1-3-9-23)25-17-20-28(21-18-25)34-22-27-19-16-26-11-4-5-14-29(26)31-27/h1-5,8-9,11,14,16-21,24H,6-7,10,12-13,15,22H2,(H,32,33). The monoisotopic (exact) mass is 453 g/mol. The lowest BCUT2D eigenvalue weighted by Crippen LogP contribution is -2.03. The minimum absolute atomic E-state index is 0.217. The second kappa shape index (κ2) is 12.0. The predicted octanol–water partition coefficient (Wildman–Crippen LogP) is 7.18. The maximum atomic E-state index is 11.0. The van der Waals surface area contributed by atoms with Crippen LogP contribution in [-0.2, 0) is 17.8 Å². The van der Waals surface area contributed by atoms with Crippen molar-refractivity contribution in [2.45, 2.75) is 51.0 Å². The number of rotatable bonds is 12. The van der Waals surface area contributed by atoms with Gasteiger partial charge in [-0.2, -0.15) is 0 Å². The molecule has 174 valence electrons. The molecule has 0 saturated heterocycles. The van der Waals surface area contributed by atoms with Crippen LogP contribution in [-0.4, -0.2) is 16.1 Å². The number of benzene rings is 3. The van der Waals surface area contributed by atoms with Gasteiger partial charge in [0.2, 0.25) is 0 Å². The minimum atomic E-state index is -0.728. The molecule has 0 amide bonds. The third kappa shape index (κ3) is 6.92. The Bertz CT molecular complexity index is 1190. The van der Waals surface area contributed by atoms with Gasteiger partial charge in [-0.15, -0.1) is 0 Å². The highest BCUT2D eigenvalue weighted by Crippen LogP contribution is 2.29. The Labute approximate surface area is 201 Å². The zero-order valence-electron chi connectivity index (χ0n) is 19.4. The number of aliphatic carboxylic acids is 1. The summed E-state index contributed by atoms with van der Waals surface area (Å²) in [4.78, 5) is 15.7. The highest BCUT2D eigenvalue weighted by atomic mass is 16.5. The highest BCUT2D eigenvalue weighted by Gasteiger charge is 2.13. The quantitative estimate of drug-likeness (QED) is 0.247. The molecule has 1 unspecified atom stereocenters. The van der Waals surface area contributed by atoms with E-state index in [0.717, 1.165) is 48.0 Å². The van der Waals surface area contributed by atoms with Crippen molar-refractivity contribution in [2.75, 3.05) is 0 Å². The van der Waals surface area contributed by atoms with Crippen molar-refractivity contribution in [3.8, 4) is 5.75 Å². The largest absolute Gasteiger partial charge is 0.487 e. The third-order valence-corrected chi connectivity index (χ3v) is 6.20. The Balaban J connectivity index is 1.35. The first-order valence-electron chi connectivity index (χ1n) is 12.0. The van der Waals surface area contributed by atoms with Gasteiger partial charge in [-0.3, -0.25) is 4.79 Å². The molecule has 4 aromatic rings. The molecule has 0 spiro atoms. The van der Waals surface area contributed by atoms with Gasteiger partial charge in [-0.25, -0.2) is 4.98 Å². The molecule has 0 aliphatic carbocycles. The molecule has 1 N–H and O–H groups in total. The average molecular weight is 454 g/mol. The fourth-order valence-electron chi connectivity index (χ4n) is 4.36. The number of fused-ring (bicyclic) bond motifs is 1. The van der Waals surface area contributed by atoms with Crippen molar-refractivity contribution in [2.24, 2.45) is 0 Å². The zero-order valence-corrected chi connectivity index (χ0v) is 19.4. The minimum Gasteiger partial charge on any atom is -0.487 e. The van der Waals surface area contributed by atoms with E-state index < -0.39 is 5.97 Å². The molecule has 1 heterocycles. The molecule has 4 nitrogen and oxygen atoms in total. The Kier molecular flexibility index (Phi) is 8.28. The van der Waals surface area contributed by atoms with E-state index in [1.54, 1.807) is 0 Å². The first-order valence-corrected chi connectivity index (χ1v) is 12.0. The van der Waals surface area contributed by atoms with Gasteiger partial charge in [-0.05, 0) is 73.4 Å². The fourth-order valence-corrected chi connectivity index (χ4v) is 4.36. The van der Waals surface area contributed by atoms with Crippen LogP contribution >= 0.6 is 0 Å². The number of aromatic nitrogens is 1. The predicted molar refractivity (Wildman–Crippen MR) is 136 cm³/mol. The lowest BCUT2D eigenvalue weighted by molar-refractivity contribution is -0.137. The van der Waals surface area contributed by atoms with Gasteiger partial charge in [-0.1, -0.05) is 66.7 Å². The van der Waals surface area contributed by atoms with Crippen molar-refractivity contribution in [1.82, 2.24) is 4.98 Å². The van der Waals surface area contributed by atoms with Gasteiger partial charge in [0.25, 0.3) is 0 Å². The van der Waals surface area contributed by atoms with E-state index in [9.17, 15) is 4.79 Å². The number of carboxylic acids is 1. The summed E-state index contributed by atoms with van der Waals surface area (Å²) in [5.41, 5.74) is 4.46.